The Labute approximate surface area is 89.1 Å². The largest absolute Gasteiger partial charge is 0.313 e. The van der Waals surface area contributed by atoms with Gasteiger partial charge in [-0.1, -0.05) is 20.3 Å². The molecule has 0 aromatic heterocycles. The molecule has 1 aliphatic heterocycles. The highest BCUT2D eigenvalue weighted by Crippen LogP contribution is 2.12. The van der Waals surface area contributed by atoms with Crippen molar-refractivity contribution in [1.29, 1.82) is 0 Å². The highest BCUT2D eigenvalue weighted by Gasteiger charge is 2.18. The fourth-order valence-electron chi connectivity index (χ4n) is 2.10. The third-order valence-electron chi connectivity index (χ3n) is 3.58. The van der Waals surface area contributed by atoms with Gasteiger partial charge in [-0.15, -0.1) is 0 Å². The zero-order valence-electron chi connectivity index (χ0n) is 10.2. The van der Waals surface area contributed by atoms with Crippen LogP contribution in [0.3, 0.4) is 0 Å². The second-order valence-electron chi connectivity index (χ2n) is 5.07. The van der Waals surface area contributed by atoms with E-state index in [9.17, 15) is 0 Å². The average Bonchev–Trinajstić information content (AvgIpc) is 2.18. The van der Waals surface area contributed by atoms with Gasteiger partial charge in [0.25, 0.3) is 0 Å². The maximum absolute atomic E-state index is 3.60. The summed E-state index contributed by atoms with van der Waals surface area (Å²) in [7, 11) is 2.25. The van der Waals surface area contributed by atoms with Crippen molar-refractivity contribution in [2.75, 3.05) is 20.1 Å². The van der Waals surface area contributed by atoms with Gasteiger partial charge in [0, 0.05) is 18.6 Å². The molecule has 1 fully saturated rings. The number of likely N-dealkylation sites (N-methyl/N-ethyl adjacent to an activating group) is 1. The monoisotopic (exact) mass is 198 g/mol. The predicted octanol–water partition coefficient (Wildman–Crippen LogP) is 2.10. The lowest BCUT2D eigenvalue weighted by Gasteiger charge is -2.33. The molecule has 2 atom stereocenters. The molecule has 84 valence electrons. The van der Waals surface area contributed by atoms with Gasteiger partial charge in [-0.05, 0) is 39.3 Å². The van der Waals surface area contributed by atoms with Crippen LogP contribution in [0.1, 0.15) is 40.0 Å². The van der Waals surface area contributed by atoms with Crippen LogP contribution in [-0.4, -0.2) is 37.1 Å². The van der Waals surface area contributed by atoms with Crippen molar-refractivity contribution < 1.29 is 0 Å². The summed E-state index contributed by atoms with van der Waals surface area (Å²) in [6.07, 6.45) is 4.12. The number of hydrogen-bond donors (Lipinski definition) is 1. The Balaban J connectivity index is 2.27. The Morgan fingerprint density at radius 2 is 2.00 bits per heavy atom. The van der Waals surface area contributed by atoms with Crippen molar-refractivity contribution in [1.82, 2.24) is 10.2 Å². The fraction of sp³-hybridized carbons (Fsp3) is 1.00. The van der Waals surface area contributed by atoms with Crippen molar-refractivity contribution in [2.45, 2.75) is 52.1 Å². The molecule has 0 spiro atoms. The number of nitrogens with one attached hydrogen (secondary N) is 1. The van der Waals surface area contributed by atoms with E-state index < -0.39 is 0 Å². The Bertz CT molecular complexity index is 150. The van der Waals surface area contributed by atoms with E-state index in [1.54, 1.807) is 0 Å². The Hall–Kier alpha value is -0.0800. The van der Waals surface area contributed by atoms with Crippen LogP contribution in [0.25, 0.3) is 0 Å². The van der Waals surface area contributed by atoms with Gasteiger partial charge in [0.2, 0.25) is 0 Å². The van der Waals surface area contributed by atoms with Crippen molar-refractivity contribution in [3.05, 3.63) is 0 Å². The standard InChI is InChI=1S/C12H26N2/c1-10(2)11(3)14(4)9-12-7-5-6-8-13-12/h10-13H,5-9H2,1-4H3. The summed E-state index contributed by atoms with van der Waals surface area (Å²) in [6, 6.07) is 1.42. The number of rotatable bonds is 4. The minimum Gasteiger partial charge on any atom is -0.313 e. The molecule has 0 radical (unpaired) electrons. The zero-order chi connectivity index (χ0) is 10.6. The third-order valence-corrected chi connectivity index (χ3v) is 3.58. The van der Waals surface area contributed by atoms with E-state index in [-0.39, 0.29) is 0 Å². The molecular formula is C12H26N2. The molecule has 0 amide bonds. The Kier molecular flexibility index (Phi) is 4.90. The first kappa shape index (κ1) is 12.0. The predicted molar refractivity (Wildman–Crippen MR) is 62.6 cm³/mol. The van der Waals surface area contributed by atoms with Gasteiger partial charge in [-0.3, -0.25) is 0 Å². The quantitative estimate of drug-likeness (QED) is 0.744. The second-order valence-corrected chi connectivity index (χ2v) is 5.07. The summed E-state index contributed by atoms with van der Waals surface area (Å²) in [5.41, 5.74) is 0. The molecule has 1 N–H and O–H groups in total. The van der Waals surface area contributed by atoms with Gasteiger partial charge in [0.05, 0.1) is 0 Å². The second kappa shape index (κ2) is 5.72. The highest BCUT2D eigenvalue weighted by molar-refractivity contribution is 4.77. The first-order chi connectivity index (χ1) is 6.61. The van der Waals surface area contributed by atoms with Crippen LogP contribution in [0, 0.1) is 5.92 Å². The minimum absolute atomic E-state index is 0.693. The molecule has 1 aliphatic rings. The SMILES string of the molecule is CC(C)C(C)N(C)CC1CCCCN1. The third kappa shape index (κ3) is 3.58. The van der Waals surface area contributed by atoms with E-state index in [0.29, 0.717) is 6.04 Å². The van der Waals surface area contributed by atoms with E-state index >= 15 is 0 Å². The first-order valence-corrected chi connectivity index (χ1v) is 6.05. The Morgan fingerprint density at radius 1 is 1.29 bits per heavy atom. The molecule has 2 heteroatoms. The van der Waals surface area contributed by atoms with Crippen LogP contribution in [0.4, 0.5) is 0 Å². The van der Waals surface area contributed by atoms with E-state index in [4.69, 9.17) is 0 Å². The molecule has 2 nitrogen and oxygen atoms in total. The molecule has 1 rings (SSSR count). The summed E-state index contributed by atoms with van der Waals surface area (Å²) in [4.78, 5) is 2.49. The molecule has 0 aliphatic carbocycles. The molecular weight excluding hydrogens is 172 g/mol. The smallest absolute Gasteiger partial charge is 0.0195 e. The molecule has 1 saturated heterocycles. The summed E-state index contributed by atoms with van der Waals surface area (Å²) in [5, 5.41) is 3.60. The lowest BCUT2D eigenvalue weighted by atomic mass is 10.0. The first-order valence-electron chi connectivity index (χ1n) is 6.05. The number of nitrogens with zero attached hydrogens (tertiary/aromatic N) is 1. The normalized spacial score (nSPS) is 25.7. The van der Waals surface area contributed by atoms with Crippen LogP contribution in [0.5, 0.6) is 0 Å². The van der Waals surface area contributed by atoms with Crippen LogP contribution in [0.2, 0.25) is 0 Å². The number of piperidine rings is 1. The molecule has 2 unspecified atom stereocenters. The van der Waals surface area contributed by atoms with Crippen molar-refractivity contribution in [2.24, 2.45) is 5.92 Å². The van der Waals surface area contributed by atoms with E-state index in [0.717, 1.165) is 12.0 Å². The minimum atomic E-state index is 0.693. The van der Waals surface area contributed by atoms with Gasteiger partial charge >= 0.3 is 0 Å². The van der Waals surface area contributed by atoms with Crippen LogP contribution in [-0.2, 0) is 0 Å². The fourth-order valence-corrected chi connectivity index (χ4v) is 2.10. The van der Waals surface area contributed by atoms with Crippen molar-refractivity contribution in [3.8, 4) is 0 Å². The highest BCUT2D eigenvalue weighted by atomic mass is 15.2. The van der Waals surface area contributed by atoms with Crippen LogP contribution < -0.4 is 5.32 Å². The van der Waals surface area contributed by atoms with E-state index in [1.165, 1.54) is 32.4 Å². The average molecular weight is 198 g/mol. The van der Waals surface area contributed by atoms with Gasteiger partial charge in [0.1, 0.15) is 0 Å². The van der Waals surface area contributed by atoms with Gasteiger partial charge < -0.3 is 10.2 Å². The summed E-state index contributed by atoms with van der Waals surface area (Å²) in [6.45, 7) is 9.35. The van der Waals surface area contributed by atoms with Gasteiger partial charge in [0.15, 0.2) is 0 Å². The van der Waals surface area contributed by atoms with Crippen LogP contribution >= 0.6 is 0 Å². The van der Waals surface area contributed by atoms with Gasteiger partial charge in [-0.25, -0.2) is 0 Å². The van der Waals surface area contributed by atoms with Crippen molar-refractivity contribution in [3.63, 3.8) is 0 Å². The molecule has 0 saturated carbocycles. The zero-order valence-corrected chi connectivity index (χ0v) is 10.2. The van der Waals surface area contributed by atoms with Crippen molar-refractivity contribution >= 4 is 0 Å². The maximum Gasteiger partial charge on any atom is 0.0195 e. The summed E-state index contributed by atoms with van der Waals surface area (Å²) < 4.78 is 0. The summed E-state index contributed by atoms with van der Waals surface area (Å²) in [5.74, 6) is 0.753. The molecule has 14 heavy (non-hydrogen) atoms. The molecule has 1 heterocycles. The van der Waals surface area contributed by atoms with Crippen LogP contribution in [0.15, 0.2) is 0 Å². The lowest BCUT2D eigenvalue weighted by Crippen LogP contribution is -2.46. The molecule has 0 bridgehead atoms. The van der Waals surface area contributed by atoms with Gasteiger partial charge in [-0.2, -0.15) is 0 Å². The topological polar surface area (TPSA) is 15.3 Å². The molecule has 0 aromatic carbocycles. The lowest BCUT2D eigenvalue weighted by molar-refractivity contribution is 0.178. The number of hydrogen-bond acceptors (Lipinski definition) is 2. The maximum atomic E-state index is 3.60. The van der Waals surface area contributed by atoms with E-state index in [2.05, 4.69) is 38.0 Å². The molecule has 0 aromatic rings. The van der Waals surface area contributed by atoms with E-state index in [1.807, 2.05) is 0 Å². The summed E-state index contributed by atoms with van der Waals surface area (Å²) >= 11 is 0. The Morgan fingerprint density at radius 3 is 2.50 bits per heavy atom.